The molecule has 0 N–H and O–H groups in total. The highest BCUT2D eigenvalue weighted by atomic mass is 32.1. The second kappa shape index (κ2) is 7.04. The Morgan fingerprint density at radius 2 is 1.79 bits per heavy atom. The minimum absolute atomic E-state index is 0.533. The first-order valence-corrected chi connectivity index (χ1v) is 5.79. The molecule has 0 aromatic carbocycles. The van der Waals surface area contributed by atoms with Gasteiger partial charge in [0.1, 0.15) is 0 Å². The lowest BCUT2D eigenvalue weighted by Gasteiger charge is -2.25. The van der Waals surface area contributed by atoms with Crippen LogP contribution in [0.5, 0.6) is 0 Å². The van der Waals surface area contributed by atoms with Crippen molar-refractivity contribution in [2.24, 2.45) is 11.8 Å². The van der Waals surface area contributed by atoms with E-state index in [1.165, 1.54) is 0 Å². The van der Waals surface area contributed by atoms with Crippen molar-refractivity contribution in [3.05, 3.63) is 0 Å². The van der Waals surface area contributed by atoms with Crippen molar-refractivity contribution in [2.45, 2.75) is 34.6 Å². The minimum Gasteiger partial charge on any atom is -0.471 e. The summed E-state index contributed by atoms with van der Waals surface area (Å²) in [5.41, 5.74) is 0. The highest BCUT2D eigenvalue weighted by Gasteiger charge is 2.10. The molecule has 0 saturated heterocycles. The van der Waals surface area contributed by atoms with Crippen LogP contribution in [-0.2, 0) is 4.74 Å². The van der Waals surface area contributed by atoms with Crippen molar-refractivity contribution < 1.29 is 4.74 Å². The van der Waals surface area contributed by atoms with Crippen LogP contribution >= 0.6 is 12.2 Å². The predicted octanol–water partition coefficient (Wildman–Crippen LogP) is 2.92. The van der Waals surface area contributed by atoms with Crippen LogP contribution in [0.1, 0.15) is 34.6 Å². The van der Waals surface area contributed by atoms with E-state index in [0.29, 0.717) is 23.6 Å². The van der Waals surface area contributed by atoms with E-state index >= 15 is 0 Å². The number of thiocarbonyl (C=S) groups is 1. The Morgan fingerprint density at radius 3 is 2.14 bits per heavy atom. The Balaban J connectivity index is 3.92. The Labute approximate surface area is 93.6 Å². The van der Waals surface area contributed by atoms with Crippen molar-refractivity contribution in [3.63, 3.8) is 0 Å². The topological polar surface area (TPSA) is 12.5 Å². The smallest absolute Gasteiger partial charge is 0.259 e. The average Bonchev–Trinajstić information content (AvgIpc) is 2.09. The first kappa shape index (κ1) is 13.7. The molecule has 0 aromatic rings. The van der Waals surface area contributed by atoms with Crippen molar-refractivity contribution >= 4 is 17.4 Å². The molecule has 0 aliphatic carbocycles. The maximum Gasteiger partial charge on any atom is 0.259 e. The van der Waals surface area contributed by atoms with Gasteiger partial charge in [0.2, 0.25) is 0 Å². The largest absolute Gasteiger partial charge is 0.471 e. The van der Waals surface area contributed by atoms with Gasteiger partial charge in [-0.2, -0.15) is 0 Å². The summed E-state index contributed by atoms with van der Waals surface area (Å²) in [6, 6.07) is 0. The van der Waals surface area contributed by atoms with E-state index in [1.54, 1.807) is 0 Å². The first-order valence-electron chi connectivity index (χ1n) is 5.39. The van der Waals surface area contributed by atoms with Gasteiger partial charge in [-0.15, -0.1) is 0 Å². The summed E-state index contributed by atoms with van der Waals surface area (Å²) in [5, 5.41) is 0.648. The average molecular weight is 217 g/mol. The predicted molar refractivity (Wildman–Crippen MR) is 65.5 cm³/mol. The Hall–Kier alpha value is -0.310. The molecule has 0 saturated carbocycles. The summed E-state index contributed by atoms with van der Waals surface area (Å²) in [7, 11) is 0. The third-order valence-electron chi connectivity index (χ3n) is 1.77. The van der Waals surface area contributed by atoms with Gasteiger partial charge in [-0.3, -0.25) is 0 Å². The Bertz CT molecular complexity index is 169. The van der Waals surface area contributed by atoms with Gasteiger partial charge in [0, 0.05) is 13.1 Å². The molecule has 14 heavy (non-hydrogen) atoms. The first-order chi connectivity index (χ1) is 6.47. The van der Waals surface area contributed by atoms with E-state index in [-0.39, 0.29) is 0 Å². The minimum atomic E-state index is 0.533. The fourth-order valence-electron chi connectivity index (χ4n) is 1.10. The van der Waals surface area contributed by atoms with Crippen LogP contribution in [0.15, 0.2) is 0 Å². The lowest BCUT2D eigenvalue weighted by Crippen LogP contribution is -2.34. The van der Waals surface area contributed by atoms with E-state index in [0.717, 1.165) is 13.1 Å². The lowest BCUT2D eigenvalue weighted by atomic mass is 10.2. The second-order valence-electron chi connectivity index (χ2n) is 4.40. The van der Waals surface area contributed by atoms with E-state index in [1.807, 2.05) is 0 Å². The zero-order chi connectivity index (χ0) is 11.1. The summed E-state index contributed by atoms with van der Waals surface area (Å²) in [6.07, 6.45) is 0. The molecule has 0 atom stereocenters. The number of ether oxygens (including phenoxy) is 1. The quantitative estimate of drug-likeness (QED) is 0.657. The summed E-state index contributed by atoms with van der Waals surface area (Å²) in [4.78, 5) is 2.11. The molecule has 0 aliphatic rings. The van der Waals surface area contributed by atoms with Gasteiger partial charge in [0.05, 0.1) is 6.61 Å². The zero-order valence-electron chi connectivity index (χ0n) is 10.0. The normalized spacial score (nSPS) is 10.8. The highest BCUT2D eigenvalue weighted by Crippen LogP contribution is 2.03. The van der Waals surface area contributed by atoms with Crippen molar-refractivity contribution in [1.29, 1.82) is 0 Å². The summed E-state index contributed by atoms with van der Waals surface area (Å²) < 4.78 is 5.51. The van der Waals surface area contributed by atoms with Crippen LogP contribution in [-0.4, -0.2) is 29.8 Å². The van der Waals surface area contributed by atoms with Crippen molar-refractivity contribution in [2.75, 3.05) is 19.7 Å². The maximum absolute atomic E-state index is 5.51. The molecule has 84 valence electrons. The van der Waals surface area contributed by atoms with E-state index < -0.39 is 0 Å². The fraction of sp³-hybridized carbons (Fsp3) is 0.909. The van der Waals surface area contributed by atoms with Crippen LogP contribution in [0.25, 0.3) is 0 Å². The van der Waals surface area contributed by atoms with Crippen molar-refractivity contribution in [3.8, 4) is 0 Å². The van der Waals surface area contributed by atoms with Gasteiger partial charge in [-0.25, -0.2) is 0 Å². The maximum atomic E-state index is 5.51. The number of hydrogen-bond donors (Lipinski definition) is 0. The summed E-state index contributed by atoms with van der Waals surface area (Å²) >= 11 is 5.22. The van der Waals surface area contributed by atoms with Crippen LogP contribution in [0.2, 0.25) is 0 Å². The molecule has 0 spiro atoms. The molecule has 0 aliphatic heterocycles. The zero-order valence-corrected chi connectivity index (χ0v) is 10.9. The third-order valence-corrected chi connectivity index (χ3v) is 2.14. The Morgan fingerprint density at radius 1 is 1.21 bits per heavy atom. The van der Waals surface area contributed by atoms with Gasteiger partial charge < -0.3 is 9.64 Å². The lowest BCUT2D eigenvalue weighted by molar-refractivity contribution is 0.208. The molecule has 0 rings (SSSR count). The monoisotopic (exact) mass is 217 g/mol. The van der Waals surface area contributed by atoms with Gasteiger partial charge in [-0.1, -0.05) is 27.7 Å². The number of rotatable bonds is 5. The van der Waals surface area contributed by atoms with E-state index in [9.17, 15) is 0 Å². The van der Waals surface area contributed by atoms with Crippen LogP contribution in [0.3, 0.4) is 0 Å². The summed E-state index contributed by atoms with van der Waals surface area (Å²) in [6.45, 7) is 13.4. The van der Waals surface area contributed by atoms with Crippen molar-refractivity contribution in [1.82, 2.24) is 4.90 Å². The molecular formula is C11H23NOS. The molecule has 0 heterocycles. The van der Waals surface area contributed by atoms with Gasteiger partial charge in [-0.05, 0) is 31.0 Å². The molecule has 2 nitrogen and oxygen atoms in total. The fourth-order valence-corrected chi connectivity index (χ4v) is 1.37. The highest BCUT2D eigenvalue weighted by molar-refractivity contribution is 7.80. The molecule has 0 bridgehead atoms. The standard InChI is InChI=1S/C11H23NOS/c1-6-12(7-9(2)3)11(14)13-8-10(4)5/h9-10H,6-8H2,1-5H3. The molecule has 0 unspecified atom stereocenters. The molecular weight excluding hydrogens is 194 g/mol. The molecule has 0 radical (unpaired) electrons. The molecule has 0 fully saturated rings. The third kappa shape index (κ3) is 6.19. The SMILES string of the molecule is CCN(CC(C)C)C(=S)OCC(C)C. The van der Waals surface area contributed by atoms with Gasteiger partial charge >= 0.3 is 0 Å². The van der Waals surface area contributed by atoms with Crippen LogP contribution < -0.4 is 0 Å². The van der Waals surface area contributed by atoms with E-state index in [2.05, 4.69) is 39.5 Å². The second-order valence-corrected chi connectivity index (χ2v) is 4.75. The Kier molecular flexibility index (Phi) is 6.89. The molecule has 0 aromatic heterocycles. The van der Waals surface area contributed by atoms with E-state index in [4.69, 9.17) is 17.0 Å². The van der Waals surface area contributed by atoms with Crippen LogP contribution in [0.4, 0.5) is 0 Å². The number of nitrogens with zero attached hydrogens (tertiary/aromatic N) is 1. The molecule has 3 heteroatoms. The number of hydrogen-bond acceptors (Lipinski definition) is 2. The molecule has 0 amide bonds. The van der Waals surface area contributed by atoms with Gasteiger partial charge in [0.25, 0.3) is 5.17 Å². The van der Waals surface area contributed by atoms with Crippen LogP contribution in [0, 0.1) is 11.8 Å². The summed E-state index contributed by atoms with van der Waals surface area (Å²) in [5.74, 6) is 1.15. The van der Waals surface area contributed by atoms with Gasteiger partial charge in [0.15, 0.2) is 0 Å².